The summed E-state index contributed by atoms with van der Waals surface area (Å²) >= 11 is 5.76. The van der Waals surface area contributed by atoms with Crippen molar-refractivity contribution in [2.24, 2.45) is 11.7 Å². The summed E-state index contributed by atoms with van der Waals surface area (Å²) in [6, 6.07) is 12.4. The number of aryl methyl sites for hydroxylation is 1. The lowest BCUT2D eigenvalue weighted by atomic mass is 10.00. The zero-order chi connectivity index (χ0) is 22.7. The number of amides is 2. The third-order valence-corrected chi connectivity index (χ3v) is 5.41. The Labute approximate surface area is 188 Å². The summed E-state index contributed by atoms with van der Waals surface area (Å²) in [5.41, 5.74) is 6.82. The van der Waals surface area contributed by atoms with E-state index in [2.05, 4.69) is 15.3 Å². The molecule has 9 heteroatoms. The minimum atomic E-state index is -0.660. The molecule has 1 atom stereocenters. The Morgan fingerprint density at radius 1 is 1.19 bits per heavy atom. The van der Waals surface area contributed by atoms with Crippen LogP contribution >= 0.6 is 11.6 Å². The molecule has 3 N–H and O–H groups in total. The second-order valence-corrected chi connectivity index (χ2v) is 7.89. The van der Waals surface area contributed by atoms with E-state index in [1.807, 2.05) is 0 Å². The third-order valence-electron chi connectivity index (χ3n) is 5.18. The molecule has 1 fully saturated rings. The first kappa shape index (κ1) is 21.7. The fraction of sp³-hybridized carbons (Fsp3) is 0.217. The van der Waals surface area contributed by atoms with Crippen LogP contribution in [0.25, 0.3) is 11.4 Å². The van der Waals surface area contributed by atoms with Crippen LogP contribution in [-0.4, -0.2) is 28.3 Å². The van der Waals surface area contributed by atoms with Crippen molar-refractivity contribution in [1.29, 1.82) is 0 Å². The van der Waals surface area contributed by atoms with Crippen molar-refractivity contribution in [2.45, 2.75) is 19.3 Å². The van der Waals surface area contributed by atoms with Gasteiger partial charge in [-0.05, 0) is 67.8 Å². The fourth-order valence-electron chi connectivity index (χ4n) is 3.48. The predicted molar refractivity (Wildman–Crippen MR) is 117 cm³/mol. The van der Waals surface area contributed by atoms with Gasteiger partial charge in [0.25, 0.3) is 5.91 Å². The van der Waals surface area contributed by atoms with Crippen LogP contribution in [0, 0.1) is 11.7 Å². The Bertz CT molecular complexity index is 1170. The van der Waals surface area contributed by atoms with E-state index >= 15 is 0 Å². The molecule has 3 aromatic rings. The Morgan fingerprint density at radius 3 is 2.62 bits per heavy atom. The zero-order valence-corrected chi connectivity index (χ0v) is 17.7. The van der Waals surface area contributed by atoms with Gasteiger partial charge < -0.3 is 15.8 Å². The Balaban J connectivity index is 1.54. The minimum absolute atomic E-state index is 0.0436. The number of hydrogen-bond donors (Lipinski definition) is 2. The van der Waals surface area contributed by atoms with Crippen molar-refractivity contribution in [3.8, 4) is 22.9 Å². The summed E-state index contributed by atoms with van der Waals surface area (Å²) in [7, 11) is 0. The van der Waals surface area contributed by atoms with Gasteiger partial charge in [0.05, 0.1) is 0 Å². The molecule has 2 amide bonds. The summed E-state index contributed by atoms with van der Waals surface area (Å²) in [5, 5.41) is 3.09. The molecule has 2 aromatic carbocycles. The van der Waals surface area contributed by atoms with Gasteiger partial charge in [-0.3, -0.25) is 9.59 Å². The molecule has 1 aliphatic heterocycles. The quantitative estimate of drug-likeness (QED) is 0.563. The molecule has 7 nitrogen and oxygen atoms in total. The van der Waals surface area contributed by atoms with E-state index in [0.717, 1.165) is 6.42 Å². The highest BCUT2D eigenvalue weighted by Gasteiger charge is 2.24. The number of primary amides is 1. The molecule has 32 heavy (non-hydrogen) atoms. The average molecular weight is 455 g/mol. The standard InChI is InChI=1S/C23H20ClFN4O3/c24-15-4-8-20(18(25)11-15)32-17-6-2-13(3-7-17)22-28-16(12-19(29-22)21(26)30)5-1-14-9-10-27-23(14)31/h2-4,6-8,11-12,14H,1,5,9-10H2,(H2,26,30)(H,27,31). The largest absolute Gasteiger partial charge is 0.454 e. The van der Waals surface area contributed by atoms with Crippen molar-refractivity contribution < 1.29 is 18.7 Å². The Kier molecular flexibility index (Phi) is 6.32. The van der Waals surface area contributed by atoms with Crippen molar-refractivity contribution in [1.82, 2.24) is 15.3 Å². The molecule has 1 unspecified atom stereocenters. The lowest BCUT2D eigenvalue weighted by Crippen LogP contribution is -2.19. The molecule has 2 heterocycles. The number of carbonyl (C=O) groups is 2. The van der Waals surface area contributed by atoms with Crippen molar-refractivity contribution in [3.05, 3.63) is 70.8 Å². The molecule has 0 spiro atoms. The molecule has 0 aliphatic carbocycles. The molecule has 4 rings (SSSR count). The van der Waals surface area contributed by atoms with Gasteiger partial charge in [0.1, 0.15) is 11.4 Å². The first-order valence-corrected chi connectivity index (χ1v) is 10.5. The highest BCUT2D eigenvalue weighted by atomic mass is 35.5. The molecule has 0 radical (unpaired) electrons. The summed E-state index contributed by atoms with van der Waals surface area (Å²) in [5.74, 6) is -0.458. The smallest absolute Gasteiger partial charge is 0.267 e. The second kappa shape index (κ2) is 9.32. The number of nitrogens with zero attached hydrogens (tertiary/aromatic N) is 2. The van der Waals surface area contributed by atoms with Gasteiger partial charge in [-0.1, -0.05) is 11.6 Å². The zero-order valence-electron chi connectivity index (χ0n) is 17.0. The number of hydrogen-bond acceptors (Lipinski definition) is 5. The van der Waals surface area contributed by atoms with E-state index in [9.17, 15) is 14.0 Å². The SMILES string of the molecule is NC(=O)c1cc(CCC2CCNC2=O)nc(-c2ccc(Oc3ccc(Cl)cc3F)cc2)n1. The highest BCUT2D eigenvalue weighted by Crippen LogP contribution is 2.28. The van der Waals surface area contributed by atoms with Gasteiger partial charge in [-0.15, -0.1) is 0 Å². The number of benzene rings is 2. The maximum Gasteiger partial charge on any atom is 0.267 e. The molecular formula is C23H20ClFN4O3. The summed E-state index contributed by atoms with van der Waals surface area (Å²) in [6.07, 6.45) is 1.93. The van der Waals surface area contributed by atoms with Crippen LogP contribution in [0.15, 0.2) is 48.5 Å². The number of carbonyl (C=O) groups excluding carboxylic acids is 2. The second-order valence-electron chi connectivity index (χ2n) is 7.45. The number of ether oxygens (including phenoxy) is 1. The van der Waals surface area contributed by atoms with E-state index in [1.54, 1.807) is 30.3 Å². The third kappa shape index (κ3) is 5.03. The van der Waals surface area contributed by atoms with Gasteiger partial charge in [0, 0.05) is 28.7 Å². The Hall–Kier alpha value is -3.52. The minimum Gasteiger partial charge on any atom is -0.454 e. The maximum absolute atomic E-state index is 14.0. The van der Waals surface area contributed by atoms with E-state index in [4.69, 9.17) is 22.1 Å². The number of nitrogens with two attached hydrogens (primary N) is 1. The summed E-state index contributed by atoms with van der Waals surface area (Å²) < 4.78 is 19.5. The van der Waals surface area contributed by atoms with E-state index in [1.165, 1.54) is 18.2 Å². The van der Waals surface area contributed by atoms with Crippen molar-refractivity contribution in [2.75, 3.05) is 6.54 Å². The first-order chi connectivity index (χ1) is 15.4. The van der Waals surface area contributed by atoms with Crippen LogP contribution in [-0.2, 0) is 11.2 Å². The van der Waals surface area contributed by atoms with Crippen LogP contribution in [0.3, 0.4) is 0 Å². The van der Waals surface area contributed by atoms with Crippen LogP contribution in [0.2, 0.25) is 5.02 Å². The number of halogens is 2. The maximum atomic E-state index is 14.0. The highest BCUT2D eigenvalue weighted by molar-refractivity contribution is 6.30. The van der Waals surface area contributed by atoms with Crippen LogP contribution in [0.4, 0.5) is 4.39 Å². The first-order valence-electron chi connectivity index (χ1n) is 10.1. The van der Waals surface area contributed by atoms with Gasteiger partial charge >= 0.3 is 0 Å². The molecular weight excluding hydrogens is 435 g/mol. The number of aromatic nitrogens is 2. The van der Waals surface area contributed by atoms with Crippen molar-refractivity contribution in [3.63, 3.8) is 0 Å². The predicted octanol–water partition coefficient (Wildman–Crippen LogP) is 3.90. The summed E-state index contributed by atoms with van der Waals surface area (Å²) in [4.78, 5) is 32.4. The van der Waals surface area contributed by atoms with E-state index in [0.29, 0.717) is 42.2 Å². The van der Waals surface area contributed by atoms with E-state index < -0.39 is 11.7 Å². The molecule has 1 saturated heterocycles. The van der Waals surface area contributed by atoms with Gasteiger partial charge in [0.15, 0.2) is 17.4 Å². The molecule has 1 aliphatic rings. The molecule has 164 valence electrons. The van der Waals surface area contributed by atoms with Crippen LogP contribution in [0.5, 0.6) is 11.5 Å². The Morgan fingerprint density at radius 2 is 1.97 bits per heavy atom. The molecule has 0 saturated carbocycles. The normalized spacial score (nSPS) is 15.4. The number of nitrogens with one attached hydrogen (secondary N) is 1. The van der Waals surface area contributed by atoms with E-state index in [-0.39, 0.29) is 28.3 Å². The average Bonchev–Trinajstić information content (AvgIpc) is 3.19. The molecule has 0 bridgehead atoms. The lowest BCUT2D eigenvalue weighted by molar-refractivity contribution is -0.122. The lowest BCUT2D eigenvalue weighted by Gasteiger charge is -2.10. The molecule has 1 aromatic heterocycles. The van der Waals surface area contributed by atoms with Crippen molar-refractivity contribution >= 4 is 23.4 Å². The summed E-state index contributed by atoms with van der Waals surface area (Å²) in [6.45, 7) is 0.680. The van der Waals surface area contributed by atoms with Crippen LogP contribution < -0.4 is 15.8 Å². The topological polar surface area (TPSA) is 107 Å². The van der Waals surface area contributed by atoms with Gasteiger partial charge in [0.2, 0.25) is 5.91 Å². The van der Waals surface area contributed by atoms with Gasteiger partial charge in [-0.2, -0.15) is 0 Å². The monoisotopic (exact) mass is 454 g/mol. The van der Waals surface area contributed by atoms with Gasteiger partial charge in [-0.25, -0.2) is 14.4 Å². The number of rotatable bonds is 7. The fourth-order valence-corrected chi connectivity index (χ4v) is 3.64. The van der Waals surface area contributed by atoms with Crippen LogP contribution in [0.1, 0.15) is 29.0 Å².